The number of hydrogen-bond acceptors (Lipinski definition) is 3. The third kappa shape index (κ3) is 14.4. The van der Waals surface area contributed by atoms with Crippen LogP contribution in [0.3, 0.4) is 0 Å². The maximum absolute atomic E-state index is 11.3. The molecular formula is C17H33NO4S. The molecule has 0 aliphatic carbocycles. The van der Waals surface area contributed by atoms with Gasteiger partial charge in [0.25, 0.3) is 11.0 Å². The van der Waals surface area contributed by atoms with Crippen LogP contribution in [0.15, 0.2) is 12.7 Å². The van der Waals surface area contributed by atoms with E-state index in [0.29, 0.717) is 6.04 Å². The van der Waals surface area contributed by atoms with E-state index in [4.69, 9.17) is 13.0 Å². The molecule has 1 amide bonds. The van der Waals surface area contributed by atoms with Crippen molar-refractivity contribution in [3.63, 3.8) is 0 Å². The average Bonchev–Trinajstić information content (AvgIpc) is 3.27. The second-order valence-electron chi connectivity index (χ2n) is 6.06. The van der Waals surface area contributed by atoms with Crippen molar-refractivity contribution in [2.75, 3.05) is 6.54 Å². The first kappa shape index (κ1) is 22.1. The first-order chi connectivity index (χ1) is 11.0. The van der Waals surface area contributed by atoms with Crippen LogP contribution in [0.5, 0.6) is 0 Å². The van der Waals surface area contributed by atoms with Crippen LogP contribution >= 0.6 is 0 Å². The van der Waals surface area contributed by atoms with Gasteiger partial charge in [-0.15, -0.1) is 0 Å². The van der Waals surface area contributed by atoms with Gasteiger partial charge in [0.15, 0.2) is 0 Å². The van der Waals surface area contributed by atoms with Crippen molar-refractivity contribution in [2.45, 2.75) is 83.6 Å². The van der Waals surface area contributed by atoms with E-state index in [9.17, 15) is 4.79 Å². The standard InChI is InChI=1S/C17H31NO.H2O3S/c1-3-5-6-7-8-9-10-11-12-13-14-16-15-18(16)17(19)4-2;1-4(2)3/h4,16H,2-3,5-15H2,1H3;4H,(H,1,2,3). The van der Waals surface area contributed by atoms with E-state index >= 15 is 0 Å². The van der Waals surface area contributed by atoms with Crippen LogP contribution in [0.25, 0.3) is 0 Å². The molecule has 1 aliphatic heterocycles. The highest BCUT2D eigenvalue weighted by Gasteiger charge is 2.35. The van der Waals surface area contributed by atoms with Gasteiger partial charge in [0.05, 0.1) is 0 Å². The Labute approximate surface area is 142 Å². The summed E-state index contributed by atoms with van der Waals surface area (Å²) >= 11 is 0. The maximum Gasteiger partial charge on any atom is 0.254 e. The molecule has 0 aromatic carbocycles. The minimum absolute atomic E-state index is 0.108. The van der Waals surface area contributed by atoms with Crippen LogP contribution in [0.4, 0.5) is 0 Å². The molecule has 0 aromatic rings. The van der Waals surface area contributed by atoms with Crippen molar-refractivity contribution < 1.29 is 17.8 Å². The molecule has 23 heavy (non-hydrogen) atoms. The fourth-order valence-electron chi connectivity index (χ4n) is 2.68. The largest absolute Gasteiger partial charge is 0.332 e. The Kier molecular flexibility index (Phi) is 14.1. The Morgan fingerprint density at radius 3 is 1.96 bits per heavy atom. The quantitative estimate of drug-likeness (QED) is 0.185. The minimum Gasteiger partial charge on any atom is -0.332 e. The van der Waals surface area contributed by atoms with Crippen molar-refractivity contribution >= 4 is 16.9 Å². The van der Waals surface area contributed by atoms with Gasteiger partial charge < -0.3 is 4.90 Å². The molecule has 0 bridgehead atoms. The van der Waals surface area contributed by atoms with Gasteiger partial charge in [-0.05, 0) is 12.5 Å². The Balaban J connectivity index is 0.00000108. The summed E-state index contributed by atoms with van der Waals surface area (Å²) in [6.45, 7) is 6.75. The second kappa shape index (κ2) is 14.7. The lowest BCUT2D eigenvalue weighted by Gasteiger charge is -2.03. The smallest absolute Gasteiger partial charge is 0.254 e. The van der Waals surface area contributed by atoms with Gasteiger partial charge in [-0.1, -0.05) is 77.7 Å². The SMILES string of the molecule is C=CC(=O)N1CC1CCCCCCCCCCCC.O=[SH](=O)O. The monoisotopic (exact) mass is 347 g/mol. The summed E-state index contributed by atoms with van der Waals surface area (Å²) in [7, 11) is -3.12. The number of carbonyl (C=O) groups is 1. The highest BCUT2D eigenvalue weighted by atomic mass is 32.2. The van der Waals surface area contributed by atoms with Gasteiger partial charge in [0, 0.05) is 12.6 Å². The van der Waals surface area contributed by atoms with E-state index in [1.54, 1.807) is 0 Å². The molecule has 1 saturated heterocycles. The predicted octanol–water partition coefficient (Wildman–Crippen LogP) is 3.77. The van der Waals surface area contributed by atoms with Gasteiger partial charge in [0.1, 0.15) is 0 Å². The van der Waals surface area contributed by atoms with Crippen LogP contribution < -0.4 is 0 Å². The van der Waals surface area contributed by atoms with Crippen molar-refractivity contribution in [1.82, 2.24) is 4.90 Å². The van der Waals surface area contributed by atoms with Crippen LogP contribution in [-0.4, -0.2) is 36.4 Å². The van der Waals surface area contributed by atoms with Gasteiger partial charge in [-0.25, -0.2) is 8.42 Å². The normalized spacial score (nSPS) is 16.0. The Morgan fingerprint density at radius 1 is 1.09 bits per heavy atom. The summed E-state index contributed by atoms with van der Waals surface area (Å²) in [5.41, 5.74) is 0. The number of rotatable bonds is 12. The zero-order chi connectivity index (χ0) is 17.5. The first-order valence-electron chi connectivity index (χ1n) is 8.79. The number of carbonyl (C=O) groups excluding carboxylic acids is 1. The summed E-state index contributed by atoms with van der Waals surface area (Å²) < 4.78 is 24.2. The minimum atomic E-state index is -3.12. The van der Waals surface area contributed by atoms with E-state index < -0.39 is 11.0 Å². The second-order valence-corrected chi connectivity index (χ2v) is 6.53. The number of thiol groups is 1. The average molecular weight is 348 g/mol. The number of hydrogen-bond donors (Lipinski definition) is 2. The molecule has 1 unspecified atom stereocenters. The molecule has 1 heterocycles. The number of amides is 1. The molecule has 6 heteroatoms. The van der Waals surface area contributed by atoms with Gasteiger partial charge in [0.2, 0.25) is 5.91 Å². The van der Waals surface area contributed by atoms with Crippen LogP contribution in [0.1, 0.15) is 77.6 Å². The third-order valence-electron chi connectivity index (χ3n) is 4.06. The lowest BCUT2D eigenvalue weighted by atomic mass is 10.1. The van der Waals surface area contributed by atoms with E-state index in [0.717, 1.165) is 6.54 Å². The molecule has 1 aliphatic rings. The highest BCUT2D eigenvalue weighted by Crippen LogP contribution is 2.24. The topological polar surface area (TPSA) is 74.5 Å². The number of unbranched alkanes of at least 4 members (excludes halogenated alkanes) is 9. The summed E-state index contributed by atoms with van der Waals surface area (Å²) in [6.07, 6.45) is 16.4. The van der Waals surface area contributed by atoms with Gasteiger partial charge in [-0.3, -0.25) is 9.35 Å². The van der Waals surface area contributed by atoms with E-state index in [2.05, 4.69) is 13.5 Å². The van der Waals surface area contributed by atoms with Crippen LogP contribution in [-0.2, 0) is 15.8 Å². The van der Waals surface area contributed by atoms with Crippen molar-refractivity contribution in [1.29, 1.82) is 0 Å². The molecule has 1 rings (SSSR count). The summed E-state index contributed by atoms with van der Waals surface area (Å²) in [5.74, 6) is 0.108. The van der Waals surface area contributed by atoms with Crippen molar-refractivity contribution in [2.24, 2.45) is 0 Å². The Bertz CT molecular complexity index is 388. The molecule has 0 aromatic heterocycles. The van der Waals surface area contributed by atoms with Gasteiger partial charge in [-0.2, -0.15) is 0 Å². The van der Waals surface area contributed by atoms with Gasteiger partial charge >= 0.3 is 0 Å². The van der Waals surface area contributed by atoms with Crippen molar-refractivity contribution in [3.05, 3.63) is 12.7 Å². The van der Waals surface area contributed by atoms with Crippen molar-refractivity contribution in [3.8, 4) is 0 Å². The summed E-state index contributed by atoms with van der Waals surface area (Å²) in [4.78, 5) is 13.2. The number of nitrogens with zero attached hydrogens (tertiary/aromatic N) is 1. The predicted molar refractivity (Wildman–Crippen MR) is 95.1 cm³/mol. The Morgan fingerprint density at radius 2 is 1.52 bits per heavy atom. The molecule has 1 atom stereocenters. The van der Waals surface area contributed by atoms with E-state index in [-0.39, 0.29) is 5.91 Å². The zero-order valence-corrected chi connectivity index (χ0v) is 15.3. The highest BCUT2D eigenvalue weighted by molar-refractivity contribution is 7.66. The summed E-state index contributed by atoms with van der Waals surface area (Å²) in [6, 6.07) is 0.527. The molecule has 0 saturated carbocycles. The molecule has 1 fully saturated rings. The lowest BCUT2D eigenvalue weighted by Crippen LogP contribution is -2.09. The van der Waals surface area contributed by atoms with Crippen LogP contribution in [0, 0.1) is 0 Å². The van der Waals surface area contributed by atoms with E-state index in [1.807, 2.05) is 4.90 Å². The maximum atomic E-state index is 11.3. The fraction of sp³-hybridized carbons (Fsp3) is 0.824. The van der Waals surface area contributed by atoms with E-state index in [1.165, 1.54) is 76.7 Å². The molecular weight excluding hydrogens is 314 g/mol. The van der Waals surface area contributed by atoms with Crippen LogP contribution in [0.2, 0.25) is 0 Å². The first-order valence-corrected chi connectivity index (χ1v) is 9.92. The fourth-order valence-corrected chi connectivity index (χ4v) is 2.68. The zero-order valence-electron chi connectivity index (χ0n) is 14.4. The molecule has 0 spiro atoms. The molecule has 5 nitrogen and oxygen atoms in total. The molecule has 136 valence electrons. The lowest BCUT2D eigenvalue weighted by molar-refractivity contribution is -0.121. The Hall–Kier alpha value is -0.880. The molecule has 1 N–H and O–H groups in total. The molecule has 0 radical (unpaired) electrons. The summed E-state index contributed by atoms with van der Waals surface area (Å²) in [5, 5.41) is 0. The third-order valence-corrected chi connectivity index (χ3v) is 4.06.